The Hall–Kier alpha value is -1.34. The second kappa shape index (κ2) is 7.44. The molecule has 0 bridgehead atoms. The maximum Gasteiger partial charge on any atom is 0.315 e. The molecule has 0 aliphatic rings. The van der Waals surface area contributed by atoms with Crippen LogP contribution in [0, 0.1) is 0 Å². The Morgan fingerprint density at radius 2 is 2.10 bits per heavy atom. The quantitative estimate of drug-likeness (QED) is 0.739. The van der Waals surface area contributed by atoms with E-state index in [0.717, 1.165) is 10.0 Å². The van der Waals surface area contributed by atoms with Gasteiger partial charge in [0.05, 0.1) is 18.1 Å². The van der Waals surface area contributed by atoms with Gasteiger partial charge in [-0.15, -0.1) is 22.0 Å². The lowest BCUT2D eigenvalue weighted by atomic mass is 10.2. The first kappa shape index (κ1) is 15.1. The molecular weight excluding hydrogens is 344 g/mol. The third-order valence-corrected chi connectivity index (χ3v) is 3.73. The van der Waals surface area contributed by atoms with Crippen molar-refractivity contribution >= 4 is 33.7 Å². The zero-order valence-electron chi connectivity index (χ0n) is 10.8. The lowest BCUT2D eigenvalue weighted by Crippen LogP contribution is -2.06. The number of carbonyl (C=O) groups is 1. The summed E-state index contributed by atoms with van der Waals surface area (Å²) in [6.45, 7) is 2.18. The third kappa shape index (κ3) is 4.35. The standard InChI is InChI=1S/C13H13BrN2O3S/c1-2-18-12(17)8-20-7-11-15-16-13(19-11)9-3-5-10(14)6-4-9/h3-6H,2,7-8H2,1H3. The molecule has 106 valence electrons. The monoisotopic (exact) mass is 356 g/mol. The number of hydrogen-bond donors (Lipinski definition) is 0. The average Bonchev–Trinajstić information content (AvgIpc) is 2.89. The van der Waals surface area contributed by atoms with E-state index in [2.05, 4.69) is 26.1 Å². The van der Waals surface area contributed by atoms with E-state index in [-0.39, 0.29) is 11.7 Å². The lowest BCUT2D eigenvalue weighted by molar-refractivity contribution is -0.139. The number of hydrogen-bond acceptors (Lipinski definition) is 6. The summed E-state index contributed by atoms with van der Waals surface area (Å²) in [4.78, 5) is 11.2. The molecule has 5 nitrogen and oxygen atoms in total. The molecule has 0 fully saturated rings. The summed E-state index contributed by atoms with van der Waals surface area (Å²) in [5.41, 5.74) is 0.863. The van der Waals surface area contributed by atoms with Crippen molar-refractivity contribution < 1.29 is 13.9 Å². The van der Waals surface area contributed by atoms with Crippen LogP contribution in [0.2, 0.25) is 0 Å². The van der Waals surface area contributed by atoms with E-state index < -0.39 is 0 Å². The number of thioether (sulfide) groups is 1. The summed E-state index contributed by atoms with van der Waals surface area (Å²) in [6.07, 6.45) is 0. The minimum absolute atomic E-state index is 0.231. The smallest absolute Gasteiger partial charge is 0.315 e. The Morgan fingerprint density at radius 3 is 2.80 bits per heavy atom. The van der Waals surface area contributed by atoms with Gasteiger partial charge in [0.1, 0.15) is 0 Å². The molecular formula is C13H13BrN2O3S. The second-order valence-electron chi connectivity index (χ2n) is 3.81. The van der Waals surface area contributed by atoms with Gasteiger partial charge in [0.2, 0.25) is 11.8 Å². The van der Waals surface area contributed by atoms with E-state index >= 15 is 0 Å². The van der Waals surface area contributed by atoms with Crippen molar-refractivity contribution in [2.45, 2.75) is 12.7 Å². The third-order valence-electron chi connectivity index (χ3n) is 2.31. The van der Waals surface area contributed by atoms with Crippen LogP contribution >= 0.6 is 27.7 Å². The van der Waals surface area contributed by atoms with Gasteiger partial charge < -0.3 is 9.15 Å². The van der Waals surface area contributed by atoms with Gasteiger partial charge in [-0.05, 0) is 31.2 Å². The molecule has 2 aromatic rings. The molecule has 2 rings (SSSR count). The predicted octanol–water partition coefficient (Wildman–Crippen LogP) is 3.30. The Balaban J connectivity index is 1.89. The van der Waals surface area contributed by atoms with Crippen LogP contribution in [-0.4, -0.2) is 28.5 Å². The number of esters is 1. The molecule has 0 spiro atoms. The summed E-state index contributed by atoms with van der Waals surface area (Å²) in [5, 5.41) is 7.95. The Labute approximate surface area is 129 Å². The molecule has 0 N–H and O–H groups in total. The van der Waals surface area contributed by atoms with Gasteiger partial charge in [-0.1, -0.05) is 15.9 Å². The van der Waals surface area contributed by atoms with Crippen molar-refractivity contribution in [1.82, 2.24) is 10.2 Å². The molecule has 0 unspecified atom stereocenters. The first-order valence-corrected chi connectivity index (χ1v) is 7.95. The zero-order chi connectivity index (χ0) is 14.4. The van der Waals surface area contributed by atoms with Crippen LogP contribution in [0.5, 0.6) is 0 Å². The molecule has 1 aromatic carbocycles. The summed E-state index contributed by atoms with van der Waals surface area (Å²) in [5.74, 6) is 1.51. The highest BCUT2D eigenvalue weighted by atomic mass is 79.9. The first-order chi connectivity index (χ1) is 9.69. The number of ether oxygens (including phenoxy) is 1. The molecule has 7 heteroatoms. The Morgan fingerprint density at radius 1 is 1.35 bits per heavy atom. The van der Waals surface area contributed by atoms with Gasteiger partial charge in [-0.3, -0.25) is 4.79 Å². The lowest BCUT2D eigenvalue weighted by Gasteiger charge is -1.99. The molecule has 0 saturated carbocycles. The number of benzene rings is 1. The molecule has 0 saturated heterocycles. The number of rotatable bonds is 6. The summed E-state index contributed by atoms with van der Waals surface area (Å²) in [7, 11) is 0. The molecule has 1 aromatic heterocycles. The normalized spacial score (nSPS) is 10.5. The largest absolute Gasteiger partial charge is 0.465 e. The van der Waals surface area contributed by atoms with E-state index in [1.165, 1.54) is 11.8 Å². The SMILES string of the molecule is CCOC(=O)CSCc1nnc(-c2ccc(Br)cc2)o1. The minimum atomic E-state index is -0.231. The fraction of sp³-hybridized carbons (Fsp3) is 0.308. The fourth-order valence-electron chi connectivity index (χ4n) is 1.45. The predicted molar refractivity (Wildman–Crippen MR) is 80.2 cm³/mol. The molecule has 20 heavy (non-hydrogen) atoms. The number of nitrogens with zero attached hydrogens (tertiary/aromatic N) is 2. The number of halogens is 1. The van der Waals surface area contributed by atoms with Crippen LogP contribution in [0.3, 0.4) is 0 Å². The molecule has 0 amide bonds. The van der Waals surface area contributed by atoms with Crippen LogP contribution < -0.4 is 0 Å². The van der Waals surface area contributed by atoms with E-state index in [4.69, 9.17) is 9.15 Å². The summed E-state index contributed by atoms with van der Waals surface area (Å²) in [6, 6.07) is 7.61. The van der Waals surface area contributed by atoms with E-state index in [0.29, 0.717) is 24.1 Å². The Kier molecular flexibility index (Phi) is 5.60. The minimum Gasteiger partial charge on any atom is -0.465 e. The number of carbonyl (C=O) groups excluding carboxylic acids is 1. The van der Waals surface area contributed by atoms with Crippen molar-refractivity contribution in [3.63, 3.8) is 0 Å². The van der Waals surface area contributed by atoms with Crippen molar-refractivity contribution in [3.8, 4) is 11.5 Å². The average molecular weight is 357 g/mol. The van der Waals surface area contributed by atoms with Crippen LogP contribution in [0.15, 0.2) is 33.2 Å². The highest BCUT2D eigenvalue weighted by Crippen LogP contribution is 2.21. The van der Waals surface area contributed by atoms with Crippen LogP contribution in [-0.2, 0) is 15.3 Å². The highest BCUT2D eigenvalue weighted by molar-refractivity contribution is 9.10. The highest BCUT2D eigenvalue weighted by Gasteiger charge is 2.09. The molecule has 0 radical (unpaired) electrons. The van der Waals surface area contributed by atoms with Crippen molar-refractivity contribution in [3.05, 3.63) is 34.6 Å². The summed E-state index contributed by atoms with van der Waals surface area (Å²) >= 11 is 4.76. The topological polar surface area (TPSA) is 65.2 Å². The van der Waals surface area contributed by atoms with Crippen LogP contribution in [0.25, 0.3) is 11.5 Å². The van der Waals surface area contributed by atoms with E-state index in [9.17, 15) is 4.79 Å². The zero-order valence-corrected chi connectivity index (χ0v) is 13.2. The Bertz CT molecular complexity index is 571. The second-order valence-corrected chi connectivity index (χ2v) is 5.71. The van der Waals surface area contributed by atoms with Crippen molar-refractivity contribution in [2.75, 3.05) is 12.4 Å². The van der Waals surface area contributed by atoms with Gasteiger partial charge in [0.15, 0.2) is 0 Å². The maximum absolute atomic E-state index is 11.2. The van der Waals surface area contributed by atoms with E-state index in [1.54, 1.807) is 6.92 Å². The van der Waals surface area contributed by atoms with E-state index in [1.807, 2.05) is 24.3 Å². The van der Waals surface area contributed by atoms with Gasteiger partial charge in [0, 0.05) is 10.0 Å². The van der Waals surface area contributed by atoms with Gasteiger partial charge in [-0.2, -0.15) is 0 Å². The molecule has 0 aliphatic carbocycles. The van der Waals surface area contributed by atoms with Crippen molar-refractivity contribution in [1.29, 1.82) is 0 Å². The number of aromatic nitrogens is 2. The fourth-order valence-corrected chi connectivity index (χ4v) is 2.35. The summed E-state index contributed by atoms with van der Waals surface area (Å²) < 4.78 is 11.4. The van der Waals surface area contributed by atoms with Gasteiger partial charge >= 0.3 is 5.97 Å². The maximum atomic E-state index is 11.2. The van der Waals surface area contributed by atoms with Gasteiger partial charge in [-0.25, -0.2) is 0 Å². The molecule has 0 aliphatic heterocycles. The van der Waals surface area contributed by atoms with Gasteiger partial charge in [0.25, 0.3) is 0 Å². The first-order valence-electron chi connectivity index (χ1n) is 6.00. The molecule has 1 heterocycles. The molecule has 0 atom stereocenters. The van der Waals surface area contributed by atoms with Crippen LogP contribution in [0.1, 0.15) is 12.8 Å². The van der Waals surface area contributed by atoms with Crippen LogP contribution in [0.4, 0.5) is 0 Å². The van der Waals surface area contributed by atoms with Crippen molar-refractivity contribution in [2.24, 2.45) is 0 Å².